The highest BCUT2D eigenvalue weighted by molar-refractivity contribution is 7.89. The van der Waals surface area contributed by atoms with Gasteiger partial charge in [0.25, 0.3) is 0 Å². The maximum Gasteiger partial charge on any atom is 0.243 e. The Balaban J connectivity index is 1.56. The highest BCUT2D eigenvalue weighted by atomic mass is 32.2. The van der Waals surface area contributed by atoms with Crippen molar-refractivity contribution in [3.63, 3.8) is 0 Å². The standard InChI is InChI=1S/C20H26N2O4S/c1-25-19-6-2-4-17(14-19)8-9-21-16-18-5-3-7-20(15-18)27(23,24)22-10-12-26-13-11-22/h2-7,14-15,21H,8-13,16H2,1H3. The van der Waals surface area contributed by atoms with Crippen LogP contribution < -0.4 is 10.1 Å². The predicted molar refractivity (Wildman–Crippen MR) is 104 cm³/mol. The van der Waals surface area contributed by atoms with Crippen molar-refractivity contribution in [3.8, 4) is 5.75 Å². The van der Waals surface area contributed by atoms with E-state index in [0.29, 0.717) is 37.7 Å². The first kappa shape index (κ1) is 19.8. The van der Waals surface area contributed by atoms with Crippen molar-refractivity contribution in [2.75, 3.05) is 40.0 Å². The maximum atomic E-state index is 12.8. The molecular weight excluding hydrogens is 364 g/mol. The van der Waals surface area contributed by atoms with Crippen LogP contribution in [-0.4, -0.2) is 52.7 Å². The average molecular weight is 391 g/mol. The van der Waals surface area contributed by atoms with Crippen molar-refractivity contribution in [3.05, 3.63) is 59.7 Å². The molecule has 0 spiro atoms. The topological polar surface area (TPSA) is 67.9 Å². The Morgan fingerprint density at radius 2 is 1.81 bits per heavy atom. The van der Waals surface area contributed by atoms with Crippen LogP contribution in [0.2, 0.25) is 0 Å². The first-order valence-corrected chi connectivity index (χ1v) is 10.5. The van der Waals surface area contributed by atoms with Gasteiger partial charge in [-0.3, -0.25) is 0 Å². The molecule has 0 amide bonds. The first-order valence-electron chi connectivity index (χ1n) is 9.10. The van der Waals surface area contributed by atoms with Crippen LogP contribution >= 0.6 is 0 Å². The van der Waals surface area contributed by atoms with Crippen molar-refractivity contribution in [1.29, 1.82) is 0 Å². The van der Waals surface area contributed by atoms with E-state index in [0.717, 1.165) is 24.3 Å². The number of nitrogens with zero attached hydrogens (tertiary/aromatic N) is 1. The quantitative estimate of drug-likeness (QED) is 0.699. The Morgan fingerprint density at radius 3 is 2.59 bits per heavy atom. The third-order valence-electron chi connectivity index (χ3n) is 4.56. The van der Waals surface area contributed by atoms with E-state index in [-0.39, 0.29) is 0 Å². The van der Waals surface area contributed by atoms with E-state index in [9.17, 15) is 8.42 Å². The lowest BCUT2D eigenvalue weighted by molar-refractivity contribution is 0.0730. The van der Waals surface area contributed by atoms with E-state index >= 15 is 0 Å². The van der Waals surface area contributed by atoms with Gasteiger partial charge in [0.15, 0.2) is 0 Å². The van der Waals surface area contributed by atoms with Gasteiger partial charge in [0, 0.05) is 19.6 Å². The van der Waals surface area contributed by atoms with Crippen molar-refractivity contribution >= 4 is 10.0 Å². The second-order valence-corrected chi connectivity index (χ2v) is 8.38. The SMILES string of the molecule is COc1cccc(CCNCc2cccc(S(=O)(=O)N3CCOCC3)c2)c1. The van der Waals surface area contributed by atoms with Crippen LogP contribution in [0.25, 0.3) is 0 Å². The average Bonchev–Trinajstić information content (AvgIpc) is 2.72. The minimum atomic E-state index is -3.45. The first-order chi connectivity index (χ1) is 13.1. The van der Waals surface area contributed by atoms with Gasteiger partial charge in [-0.05, 0) is 48.4 Å². The summed E-state index contributed by atoms with van der Waals surface area (Å²) in [5.74, 6) is 0.855. The molecule has 3 rings (SSSR count). The van der Waals surface area contributed by atoms with Gasteiger partial charge in [0.05, 0.1) is 25.2 Å². The Kier molecular flexibility index (Phi) is 6.84. The molecule has 0 bridgehead atoms. The molecule has 7 heteroatoms. The summed E-state index contributed by atoms with van der Waals surface area (Å²) in [5.41, 5.74) is 2.15. The molecule has 1 N–H and O–H groups in total. The van der Waals surface area contributed by atoms with Crippen LogP contribution in [0.15, 0.2) is 53.4 Å². The fourth-order valence-corrected chi connectivity index (χ4v) is 4.52. The third-order valence-corrected chi connectivity index (χ3v) is 6.45. The zero-order valence-corrected chi connectivity index (χ0v) is 16.4. The van der Waals surface area contributed by atoms with Gasteiger partial charge in [-0.25, -0.2) is 8.42 Å². The molecule has 6 nitrogen and oxygen atoms in total. The van der Waals surface area contributed by atoms with E-state index in [2.05, 4.69) is 11.4 Å². The van der Waals surface area contributed by atoms with Gasteiger partial charge in [-0.15, -0.1) is 0 Å². The molecule has 27 heavy (non-hydrogen) atoms. The summed E-state index contributed by atoms with van der Waals surface area (Å²) in [6, 6.07) is 15.2. The van der Waals surface area contributed by atoms with Gasteiger partial charge in [0.2, 0.25) is 10.0 Å². The van der Waals surface area contributed by atoms with E-state index in [4.69, 9.17) is 9.47 Å². The molecule has 2 aromatic rings. The van der Waals surface area contributed by atoms with Crippen LogP contribution in [0.4, 0.5) is 0 Å². The summed E-state index contributed by atoms with van der Waals surface area (Å²) in [6.45, 7) is 3.14. The molecular formula is C20H26N2O4S. The molecule has 2 aromatic carbocycles. The molecule has 0 saturated carbocycles. The van der Waals surface area contributed by atoms with E-state index in [1.165, 1.54) is 9.87 Å². The number of methoxy groups -OCH3 is 1. The smallest absolute Gasteiger partial charge is 0.243 e. The van der Waals surface area contributed by atoms with Crippen LogP contribution in [0, 0.1) is 0 Å². The van der Waals surface area contributed by atoms with E-state index < -0.39 is 10.0 Å². The minimum Gasteiger partial charge on any atom is -0.497 e. The van der Waals surface area contributed by atoms with Crippen molar-refractivity contribution in [2.24, 2.45) is 0 Å². The Bertz CT molecular complexity index is 849. The Labute approximate surface area is 161 Å². The molecule has 0 aromatic heterocycles. The number of benzene rings is 2. The molecule has 1 saturated heterocycles. The molecule has 1 fully saturated rings. The van der Waals surface area contributed by atoms with Crippen LogP contribution in [0.1, 0.15) is 11.1 Å². The molecule has 146 valence electrons. The molecule has 0 aliphatic carbocycles. The molecule has 1 aliphatic heterocycles. The largest absolute Gasteiger partial charge is 0.497 e. The summed E-state index contributed by atoms with van der Waals surface area (Å²) in [7, 11) is -1.79. The Morgan fingerprint density at radius 1 is 1.07 bits per heavy atom. The predicted octanol–water partition coefficient (Wildman–Crippen LogP) is 2.05. The van der Waals surface area contributed by atoms with Gasteiger partial charge in [-0.2, -0.15) is 4.31 Å². The number of ether oxygens (including phenoxy) is 2. The zero-order valence-electron chi connectivity index (χ0n) is 15.6. The molecule has 1 heterocycles. The highest BCUT2D eigenvalue weighted by Crippen LogP contribution is 2.18. The highest BCUT2D eigenvalue weighted by Gasteiger charge is 2.26. The van der Waals surface area contributed by atoms with Crippen molar-refractivity contribution < 1.29 is 17.9 Å². The van der Waals surface area contributed by atoms with Gasteiger partial charge in [-0.1, -0.05) is 24.3 Å². The van der Waals surface area contributed by atoms with Crippen LogP contribution in [0.3, 0.4) is 0 Å². The summed E-state index contributed by atoms with van der Waals surface area (Å²) < 4.78 is 37.5. The lowest BCUT2D eigenvalue weighted by atomic mass is 10.1. The molecule has 0 unspecified atom stereocenters. The van der Waals surface area contributed by atoms with E-state index in [1.807, 2.05) is 24.3 Å². The van der Waals surface area contributed by atoms with Crippen molar-refractivity contribution in [2.45, 2.75) is 17.9 Å². The fourth-order valence-electron chi connectivity index (χ4n) is 3.05. The van der Waals surface area contributed by atoms with Gasteiger partial charge in [0.1, 0.15) is 5.75 Å². The number of hydrogen-bond donors (Lipinski definition) is 1. The summed E-state index contributed by atoms with van der Waals surface area (Å²) in [6.07, 6.45) is 0.878. The number of hydrogen-bond acceptors (Lipinski definition) is 5. The number of sulfonamides is 1. The molecule has 1 aliphatic rings. The number of rotatable bonds is 8. The number of nitrogens with one attached hydrogen (secondary N) is 1. The molecule has 0 radical (unpaired) electrons. The normalized spacial score (nSPS) is 15.6. The third kappa shape index (κ3) is 5.29. The second-order valence-electron chi connectivity index (χ2n) is 6.44. The lowest BCUT2D eigenvalue weighted by Crippen LogP contribution is -2.40. The van der Waals surface area contributed by atoms with Crippen LogP contribution in [0.5, 0.6) is 5.75 Å². The minimum absolute atomic E-state index is 0.344. The van der Waals surface area contributed by atoms with Gasteiger partial charge >= 0.3 is 0 Å². The Hall–Kier alpha value is -1.93. The zero-order chi connectivity index (χ0) is 19.1. The summed E-state index contributed by atoms with van der Waals surface area (Å²) >= 11 is 0. The van der Waals surface area contributed by atoms with Crippen LogP contribution in [-0.2, 0) is 27.7 Å². The summed E-state index contributed by atoms with van der Waals surface area (Å²) in [5, 5.41) is 3.38. The summed E-state index contributed by atoms with van der Waals surface area (Å²) in [4.78, 5) is 0.344. The number of morpholine rings is 1. The maximum absolute atomic E-state index is 12.8. The van der Waals surface area contributed by atoms with Crippen molar-refractivity contribution in [1.82, 2.24) is 9.62 Å². The second kappa shape index (κ2) is 9.32. The lowest BCUT2D eigenvalue weighted by Gasteiger charge is -2.26. The monoisotopic (exact) mass is 390 g/mol. The van der Waals surface area contributed by atoms with E-state index in [1.54, 1.807) is 25.3 Å². The van der Waals surface area contributed by atoms with Gasteiger partial charge < -0.3 is 14.8 Å². The molecule has 0 atom stereocenters. The fraction of sp³-hybridized carbons (Fsp3) is 0.400.